The quantitative estimate of drug-likeness (QED) is 0.188. The minimum Gasteiger partial charge on any atom is -0.490 e. The van der Waals surface area contributed by atoms with Crippen LogP contribution in [0.4, 0.5) is 5.69 Å². The van der Waals surface area contributed by atoms with Gasteiger partial charge in [-0.3, -0.25) is 14.9 Å². The lowest BCUT2D eigenvalue weighted by Gasteiger charge is -2.12. The normalized spacial score (nSPS) is 13.1. The smallest absolute Gasteiger partial charge is 0.282 e. The molecule has 1 aliphatic rings. The zero-order valence-electron chi connectivity index (χ0n) is 19.7. The number of hydrogen-bond acceptors (Lipinski definition) is 8. The van der Waals surface area contributed by atoms with E-state index >= 15 is 0 Å². The van der Waals surface area contributed by atoms with Gasteiger partial charge in [0.25, 0.3) is 11.2 Å². The van der Waals surface area contributed by atoms with Crippen LogP contribution in [-0.4, -0.2) is 27.4 Å². The highest BCUT2D eigenvalue weighted by atomic mass is 32.1. The topological polar surface area (TPSA) is 109 Å². The predicted molar refractivity (Wildman–Crippen MR) is 139 cm³/mol. The molecule has 0 amide bonds. The molecule has 4 aromatic rings. The van der Waals surface area contributed by atoms with E-state index < -0.39 is 4.92 Å². The Labute approximate surface area is 210 Å². The molecule has 0 bridgehead atoms. The highest BCUT2D eigenvalue weighted by Crippen LogP contribution is 2.33. The molecule has 0 saturated heterocycles. The summed E-state index contributed by atoms with van der Waals surface area (Å²) in [6, 6.07) is 11.6. The summed E-state index contributed by atoms with van der Waals surface area (Å²) in [7, 11) is 0. The van der Waals surface area contributed by atoms with Crippen LogP contribution >= 0.6 is 11.3 Å². The SMILES string of the molecule is CCOc1cc(/C=N\n2cnc3sc4c(c3c2=O)CCCC4)ccc1OCc1ccc([N+](=O)[O-])cc1. The summed E-state index contributed by atoms with van der Waals surface area (Å²) >= 11 is 1.61. The van der Waals surface area contributed by atoms with Crippen molar-refractivity contribution in [2.45, 2.75) is 39.2 Å². The van der Waals surface area contributed by atoms with Crippen molar-refractivity contribution >= 4 is 33.5 Å². The van der Waals surface area contributed by atoms with Gasteiger partial charge in [0, 0.05) is 17.0 Å². The average molecular weight is 505 g/mol. The number of aromatic nitrogens is 2. The van der Waals surface area contributed by atoms with Crippen molar-refractivity contribution in [2.24, 2.45) is 5.10 Å². The van der Waals surface area contributed by atoms with Crippen molar-refractivity contribution in [1.29, 1.82) is 0 Å². The van der Waals surface area contributed by atoms with Gasteiger partial charge in [-0.1, -0.05) is 0 Å². The molecule has 2 heterocycles. The van der Waals surface area contributed by atoms with Gasteiger partial charge in [0.05, 0.1) is 23.1 Å². The molecule has 10 heteroatoms. The molecule has 0 N–H and O–H groups in total. The van der Waals surface area contributed by atoms with E-state index in [2.05, 4.69) is 10.1 Å². The van der Waals surface area contributed by atoms with Crippen LogP contribution in [0.3, 0.4) is 0 Å². The first kappa shape index (κ1) is 23.7. The third-order valence-corrected chi connectivity index (χ3v) is 7.20. The molecule has 2 aromatic heterocycles. The van der Waals surface area contributed by atoms with Crippen molar-refractivity contribution in [1.82, 2.24) is 9.66 Å². The van der Waals surface area contributed by atoms with E-state index in [1.165, 1.54) is 28.0 Å². The number of nitrogens with zero attached hydrogens (tertiary/aromatic N) is 4. The molecule has 36 heavy (non-hydrogen) atoms. The summed E-state index contributed by atoms with van der Waals surface area (Å²) in [5, 5.41) is 15.9. The lowest BCUT2D eigenvalue weighted by atomic mass is 9.97. The summed E-state index contributed by atoms with van der Waals surface area (Å²) in [5.41, 5.74) is 2.55. The van der Waals surface area contributed by atoms with Gasteiger partial charge in [0.1, 0.15) is 17.8 Å². The van der Waals surface area contributed by atoms with E-state index in [1.807, 2.05) is 13.0 Å². The number of fused-ring (bicyclic) bond motifs is 3. The van der Waals surface area contributed by atoms with Crippen molar-refractivity contribution in [3.63, 3.8) is 0 Å². The highest BCUT2D eigenvalue weighted by molar-refractivity contribution is 7.18. The Morgan fingerprint density at radius 1 is 1.14 bits per heavy atom. The summed E-state index contributed by atoms with van der Waals surface area (Å²) in [6.45, 7) is 2.55. The van der Waals surface area contributed by atoms with Crippen LogP contribution in [-0.2, 0) is 19.4 Å². The lowest BCUT2D eigenvalue weighted by Crippen LogP contribution is -2.18. The number of nitro benzene ring substituents is 1. The Bertz CT molecular complexity index is 1510. The monoisotopic (exact) mass is 504 g/mol. The minimum absolute atomic E-state index is 0.0322. The third kappa shape index (κ3) is 4.85. The van der Waals surface area contributed by atoms with Crippen LogP contribution in [0.5, 0.6) is 11.5 Å². The molecule has 9 nitrogen and oxygen atoms in total. The van der Waals surface area contributed by atoms with E-state index in [0.717, 1.165) is 47.2 Å². The number of aryl methyl sites for hydroxylation is 2. The Balaban J connectivity index is 1.35. The Hall–Kier alpha value is -4.05. The van der Waals surface area contributed by atoms with Gasteiger partial charge >= 0.3 is 0 Å². The van der Waals surface area contributed by atoms with Crippen molar-refractivity contribution in [3.8, 4) is 11.5 Å². The molecule has 0 radical (unpaired) electrons. The number of ether oxygens (including phenoxy) is 2. The molecule has 184 valence electrons. The highest BCUT2D eigenvalue weighted by Gasteiger charge is 2.20. The molecular weight excluding hydrogens is 480 g/mol. The Kier molecular flexibility index (Phi) is 6.77. The van der Waals surface area contributed by atoms with E-state index in [-0.39, 0.29) is 17.9 Å². The fourth-order valence-corrected chi connectivity index (χ4v) is 5.44. The Morgan fingerprint density at radius 3 is 2.72 bits per heavy atom. The van der Waals surface area contributed by atoms with Gasteiger partial charge in [-0.15, -0.1) is 11.3 Å². The first-order valence-corrected chi connectivity index (χ1v) is 12.5. The van der Waals surface area contributed by atoms with E-state index in [0.29, 0.717) is 23.5 Å². The number of non-ortho nitro benzene ring substituents is 1. The van der Waals surface area contributed by atoms with Gasteiger partial charge in [0.15, 0.2) is 11.5 Å². The van der Waals surface area contributed by atoms with Gasteiger partial charge in [-0.05, 0) is 79.6 Å². The average Bonchev–Trinajstić information content (AvgIpc) is 3.27. The van der Waals surface area contributed by atoms with Crippen LogP contribution in [0, 0.1) is 10.1 Å². The van der Waals surface area contributed by atoms with Crippen molar-refractivity contribution in [3.05, 3.63) is 90.8 Å². The number of benzene rings is 2. The first-order valence-electron chi connectivity index (χ1n) is 11.7. The molecule has 2 aromatic carbocycles. The molecule has 0 fully saturated rings. The van der Waals surface area contributed by atoms with Crippen molar-refractivity contribution in [2.75, 3.05) is 6.61 Å². The molecule has 0 spiro atoms. The molecule has 0 saturated carbocycles. The standard InChI is InChI=1S/C26H24N4O5S/c1-2-34-22-13-18(9-12-21(22)35-15-17-7-10-19(11-8-17)30(32)33)14-28-29-16-27-25-24(26(29)31)20-5-3-4-6-23(20)36-25/h7-14,16H,2-6,15H2,1H3/b28-14-. The first-order chi connectivity index (χ1) is 17.5. The number of nitro groups is 1. The summed E-state index contributed by atoms with van der Waals surface area (Å²) < 4.78 is 12.9. The molecule has 1 aliphatic carbocycles. The second kappa shape index (κ2) is 10.3. The van der Waals surface area contributed by atoms with E-state index in [1.54, 1.807) is 41.8 Å². The maximum Gasteiger partial charge on any atom is 0.282 e. The van der Waals surface area contributed by atoms with Crippen LogP contribution in [0.25, 0.3) is 10.2 Å². The molecule has 0 aliphatic heterocycles. The summed E-state index contributed by atoms with van der Waals surface area (Å²) in [4.78, 5) is 30.0. The number of rotatable bonds is 8. The van der Waals surface area contributed by atoms with E-state index in [9.17, 15) is 14.9 Å². The molecule has 0 atom stereocenters. The minimum atomic E-state index is -0.436. The molecular formula is C26H24N4O5S. The van der Waals surface area contributed by atoms with Crippen LogP contribution in [0.15, 0.2) is 58.7 Å². The fourth-order valence-electron chi connectivity index (χ4n) is 4.22. The van der Waals surface area contributed by atoms with Crippen molar-refractivity contribution < 1.29 is 14.4 Å². The van der Waals surface area contributed by atoms with Gasteiger partial charge < -0.3 is 9.47 Å². The van der Waals surface area contributed by atoms with Crippen LogP contribution in [0.2, 0.25) is 0 Å². The summed E-state index contributed by atoms with van der Waals surface area (Å²) in [5.74, 6) is 1.08. The summed E-state index contributed by atoms with van der Waals surface area (Å²) in [6.07, 6.45) is 7.23. The van der Waals surface area contributed by atoms with Gasteiger partial charge in [-0.2, -0.15) is 9.78 Å². The second-order valence-corrected chi connectivity index (χ2v) is 9.46. The fraction of sp³-hybridized carbons (Fsp3) is 0.269. The predicted octanol–water partition coefficient (Wildman–Crippen LogP) is 5.10. The zero-order chi connectivity index (χ0) is 25.1. The van der Waals surface area contributed by atoms with E-state index in [4.69, 9.17) is 9.47 Å². The maximum atomic E-state index is 13.1. The second-order valence-electron chi connectivity index (χ2n) is 8.38. The van der Waals surface area contributed by atoms with Gasteiger partial charge in [-0.25, -0.2) is 4.98 Å². The number of thiophene rings is 1. The number of hydrogen-bond donors (Lipinski definition) is 0. The van der Waals surface area contributed by atoms with Crippen LogP contribution in [0.1, 0.15) is 41.3 Å². The van der Waals surface area contributed by atoms with Gasteiger partial charge in [0.2, 0.25) is 0 Å². The molecule has 0 unspecified atom stereocenters. The maximum absolute atomic E-state index is 13.1. The third-order valence-electron chi connectivity index (χ3n) is 6.00. The zero-order valence-corrected chi connectivity index (χ0v) is 20.5. The molecule has 5 rings (SSSR count). The van der Waals surface area contributed by atoms with Crippen LogP contribution < -0.4 is 15.0 Å². The largest absolute Gasteiger partial charge is 0.490 e. The Morgan fingerprint density at radius 2 is 1.94 bits per heavy atom. The lowest BCUT2D eigenvalue weighted by molar-refractivity contribution is -0.384.